The minimum absolute atomic E-state index is 0.207. The lowest BCUT2D eigenvalue weighted by Gasteiger charge is -2.49. The van der Waals surface area contributed by atoms with Crippen LogP contribution in [-0.2, 0) is 4.79 Å². The molecule has 0 heterocycles. The van der Waals surface area contributed by atoms with Gasteiger partial charge in [-0.1, -0.05) is 60.3 Å². The Balaban J connectivity index is 5.46. The first-order valence-electron chi connectivity index (χ1n) is 8.46. The molecule has 0 saturated carbocycles. The van der Waals surface area contributed by atoms with Crippen molar-refractivity contribution < 1.29 is 9.90 Å². The van der Waals surface area contributed by atoms with Crippen molar-refractivity contribution in [1.29, 1.82) is 0 Å². The second-order valence-electron chi connectivity index (χ2n) is 6.00. The smallest absolute Gasteiger partial charge is 0.123 e. The number of hydrogen-bond acceptors (Lipinski definition) is 2. The van der Waals surface area contributed by atoms with Gasteiger partial charge in [-0.05, 0) is 31.6 Å². The molecule has 2 heteroatoms. The zero-order chi connectivity index (χ0) is 15.6. The van der Waals surface area contributed by atoms with E-state index in [1.807, 2.05) is 12.9 Å². The van der Waals surface area contributed by atoms with Gasteiger partial charge in [-0.2, -0.15) is 0 Å². The summed E-state index contributed by atoms with van der Waals surface area (Å²) < 4.78 is 0. The molecule has 0 radical (unpaired) electrons. The summed E-state index contributed by atoms with van der Waals surface area (Å²) in [5.74, 6) is 2.31. The fraction of sp³-hybridized carbons (Fsp3) is 0.889. The predicted octanol–water partition coefficient (Wildman–Crippen LogP) is 4.93. The highest BCUT2D eigenvalue weighted by Crippen LogP contribution is 2.50. The van der Waals surface area contributed by atoms with Crippen LogP contribution in [0.4, 0.5) is 0 Å². The highest BCUT2D eigenvalue weighted by molar-refractivity contribution is 5.48. The number of hydrogen-bond donors (Lipinski definition) is 1. The molecule has 0 rings (SSSR count). The molecule has 0 fully saturated rings. The lowest BCUT2D eigenvalue weighted by atomic mass is 9.58. The second kappa shape index (κ2) is 9.37. The van der Waals surface area contributed by atoms with Crippen molar-refractivity contribution in [3.05, 3.63) is 6.08 Å². The molecule has 0 aliphatic carbocycles. The van der Waals surface area contributed by atoms with Crippen LogP contribution in [0.5, 0.6) is 0 Å². The lowest BCUT2D eigenvalue weighted by Crippen LogP contribution is -2.50. The largest absolute Gasteiger partial charge is 0.384 e. The molecule has 0 aromatic heterocycles. The zero-order valence-electron chi connectivity index (χ0n) is 14.2. The summed E-state index contributed by atoms with van der Waals surface area (Å²) in [6.07, 6.45) is 9.62. The van der Waals surface area contributed by atoms with E-state index in [4.69, 9.17) is 0 Å². The molecule has 0 bridgehead atoms. The third-order valence-electron chi connectivity index (χ3n) is 5.39. The Hall–Kier alpha value is -0.590. The first kappa shape index (κ1) is 19.4. The molecule has 0 aromatic rings. The normalized spacial score (nSPS) is 16.3. The zero-order valence-corrected chi connectivity index (χ0v) is 14.2. The molecule has 0 spiro atoms. The van der Waals surface area contributed by atoms with Gasteiger partial charge in [0.15, 0.2) is 0 Å². The average molecular weight is 282 g/mol. The Kier molecular flexibility index (Phi) is 9.09. The maximum absolute atomic E-state index is 11.1. The Morgan fingerprint density at radius 2 is 1.65 bits per heavy atom. The average Bonchev–Trinajstić information content (AvgIpc) is 2.47. The van der Waals surface area contributed by atoms with Gasteiger partial charge in [0, 0.05) is 11.5 Å². The van der Waals surface area contributed by atoms with Crippen molar-refractivity contribution in [3.8, 4) is 0 Å². The highest BCUT2D eigenvalue weighted by Gasteiger charge is 2.49. The third-order valence-corrected chi connectivity index (χ3v) is 5.39. The Morgan fingerprint density at radius 1 is 1.05 bits per heavy atom. The van der Waals surface area contributed by atoms with Gasteiger partial charge in [0.2, 0.25) is 0 Å². The van der Waals surface area contributed by atoms with Gasteiger partial charge in [0.1, 0.15) is 5.94 Å². The second-order valence-corrected chi connectivity index (χ2v) is 6.00. The van der Waals surface area contributed by atoms with E-state index in [-0.39, 0.29) is 5.41 Å². The first-order valence-corrected chi connectivity index (χ1v) is 8.46. The quantitative estimate of drug-likeness (QED) is 0.431. The van der Waals surface area contributed by atoms with Crippen molar-refractivity contribution in [3.63, 3.8) is 0 Å². The van der Waals surface area contributed by atoms with Gasteiger partial charge in [-0.15, -0.1) is 0 Å². The SMILES string of the molecule is CCCCCC(CC)C(CC)(CC)C(O)(C=C=O)CC. The van der Waals surface area contributed by atoms with Crippen molar-refractivity contribution >= 4 is 5.94 Å². The standard InChI is InChI=1S/C18H34O2/c1-6-11-12-13-16(7-2)17(8-3,9-4)18(20,10-5)14-15-19/h14,16,20H,6-13H2,1-5H3. The number of rotatable bonds is 11. The predicted molar refractivity (Wildman–Crippen MR) is 86.4 cm³/mol. The first-order chi connectivity index (χ1) is 9.51. The fourth-order valence-electron chi connectivity index (χ4n) is 4.00. The van der Waals surface area contributed by atoms with Gasteiger partial charge in [-0.3, -0.25) is 0 Å². The van der Waals surface area contributed by atoms with Gasteiger partial charge >= 0.3 is 0 Å². The molecular formula is C18H34O2. The molecule has 2 nitrogen and oxygen atoms in total. The van der Waals surface area contributed by atoms with E-state index in [2.05, 4.69) is 27.7 Å². The third kappa shape index (κ3) is 3.96. The molecule has 0 amide bonds. The summed E-state index contributed by atoms with van der Waals surface area (Å²) in [6, 6.07) is 0. The highest BCUT2D eigenvalue weighted by atomic mass is 16.3. The topological polar surface area (TPSA) is 37.3 Å². The van der Waals surface area contributed by atoms with Crippen LogP contribution in [0.1, 0.15) is 86.0 Å². The summed E-state index contributed by atoms with van der Waals surface area (Å²) in [5.41, 5.74) is -1.23. The Bertz CT molecular complexity index is 301. The maximum atomic E-state index is 11.1. The van der Waals surface area contributed by atoms with Crippen LogP contribution in [0.15, 0.2) is 6.08 Å². The van der Waals surface area contributed by atoms with Crippen molar-refractivity contribution in [2.45, 2.75) is 91.6 Å². The molecule has 20 heavy (non-hydrogen) atoms. The van der Waals surface area contributed by atoms with Crippen LogP contribution < -0.4 is 0 Å². The molecule has 0 aliphatic rings. The monoisotopic (exact) mass is 282 g/mol. The molecule has 0 aliphatic heterocycles. The van der Waals surface area contributed by atoms with Gasteiger partial charge in [-0.25, -0.2) is 4.79 Å². The van der Waals surface area contributed by atoms with Crippen molar-refractivity contribution in [2.75, 3.05) is 0 Å². The van der Waals surface area contributed by atoms with Crippen molar-refractivity contribution in [2.24, 2.45) is 11.3 Å². The van der Waals surface area contributed by atoms with Gasteiger partial charge in [0.05, 0.1) is 5.60 Å². The van der Waals surface area contributed by atoms with E-state index in [1.54, 1.807) is 0 Å². The summed E-state index contributed by atoms with van der Waals surface area (Å²) in [7, 11) is 0. The molecule has 2 unspecified atom stereocenters. The van der Waals surface area contributed by atoms with Crippen LogP contribution in [0, 0.1) is 11.3 Å². The molecule has 1 N–H and O–H groups in total. The summed E-state index contributed by atoms with van der Waals surface area (Å²) >= 11 is 0. The van der Waals surface area contributed by atoms with E-state index in [9.17, 15) is 9.90 Å². The summed E-state index contributed by atoms with van der Waals surface area (Å²) in [4.78, 5) is 10.9. The fourth-order valence-corrected chi connectivity index (χ4v) is 4.00. The number of unbranched alkanes of at least 4 members (excludes halogenated alkanes) is 2. The minimum atomic E-state index is -1.02. The van der Waals surface area contributed by atoms with Crippen LogP contribution in [0.25, 0.3) is 0 Å². The molecular weight excluding hydrogens is 248 g/mol. The van der Waals surface area contributed by atoms with Crippen LogP contribution in [0.3, 0.4) is 0 Å². The van der Waals surface area contributed by atoms with Crippen molar-refractivity contribution in [1.82, 2.24) is 0 Å². The van der Waals surface area contributed by atoms with E-state index in [0.29, 0.717) is 12.3 Å². The molecule has 2 atom stereocenters. The molecule has 0 aromatic carbocycles. The molecule has 0 saturated heterocycles. The summed E-state index contributed by atoms with van der Waals surface area (Å²) in [6.45, 7) is 10.7. The maximum Gasteiger partial charge on any atom is 0.123 e. The van der Waals surface area contributed by atoms with E-state index in [0.717, 1.165) is 25.7 Å². The van der Waals surface area contributed by atoms with Crippen LogP contribution >= 0.6 is 0 Å². The summed E-state index contributed by atoms with van der Waals surface area (Å²) in [5, 5.41) is 11.1. The number of carbonyl (C=O) groups excluding carboxylic acids is 1. The minimum Gasteiger partial charge on any atom is -0.384 e. The van der Waals surface area contributed by atoms with E-state index < -0.39 is 5.60 Å². The van der Waals surface area contributed by atoms with Gasteiger partial charge < -0.3 is 5.11 Å². The van der Waals surface area contributed by atoms with Gasteiger partial charge in [0.25, 0.3) is 0 Å². The molecule has 118 valence electrons. The number of aliphatic hydroxyl groups is 1. The lowest BCUT2D eigenvalue weighted by molar-refractivity contribution is -0.0933. The Morgan fingerprint density at radius 3 is 2.00 bits per heavy atom. The Labute approximate surface area is 125 Å². The van der Waals surface area contributed by atoms with E-state index >= 15 is 0 Å². The van der Waals surface area contributed by atoms with E-state index in [1.165, 1.54) is 25.3 Å². The van der Waals surface area contributed by atoms with Crippen LogP contribution in [0.2, 0.25) is 0 Å². The van der Waals surface area contributed by atoms with Crippen LogP contribution in [-0.4, -0.2) is 16.6 Å².